The molecule has 1 saturated heterocycles. The molecule has 1 spiro atoms. The van der Waals surface area contributed by atoms with Gasteiger partial charge in [0.1, 0.15) is 5.75 Å². The third-order valence-electron chi connectivity index (χ3n) is 9.42. The number of aryl methyl sites for hydroxylation is 1. The lowest BCUT2D eigenvalue weighted by molar-refractivity contribution is -0.0990. The van der Waals surface area contributed by atoms with E-state index in [1.807, 2.05) is 4.67 Å². The zero-order valence-electron chi connectivity index (χ0n) is 19.8. The second kappa shape index (κ2) is 9.30. The number of halogens is 2. The second-order valence-electron chi connectivity index (χ2n) is 10.6. The van der Waals surface area contributed by atoms with E-state index >= 15 is 0 Å². The van der Waals surface area contributed by atoms with Crippen LogP contribution in [-0.2, 0) is 15.5 Å². The highest BCUT2D eigenvalue weighted by Crippen LogP contribution is 2.70. The van der Waals surface area contributed by atoms with E-state index in [-0.39, 0.29) is 11.0 Å². The number of benzene rings is 1. The third kappa shape index (κ3) is 3.90. The van der Waals surface area contributed by atoms with Crippen molar-refractivity contribution in [2.24, 2.45) is 17.3 Å². The average Bonchev–Trinajstić information content (AvgIpc) is 3.09. The highest BCUT2D eigenvalue weighted by molar-refractivity contribution is 7.54. The summed E-state index contributed by atoms with van der Waals surface area (Å²) < 4.78 is 28.2. The minimum atomic E-state index is -3.18. The van der Waals surface area contributed by atoms with Gasteiger partial charge in [0.05, 0.1) is 12.7 Å². The predicted octanol–water partition coefficient (Wildman–Crippen LogP) is 6.19. The summed E-state index contributed by atoms with van der Waals surface area (Å²) in [7, 11) is -1.43. The Morgan fingerprint density at radius 2 is 1.97 bits per heavy atom. The molecule has 5 nitrogen and oxygen atoms in total. The third-order valence-corrected chi connectivity index (χ3v) is 12.1. The molecule has 0 radical (unpaired) electrons. The second-order valence-corrected chi connectivity index (χ2v) is 13.4. The molecule has 1 heterocycles. The number of hydrogen-bond acceptors (Lipinski definition) is 3. The number of ether oxygens (including phenoxy) is 1. The van der Waals surface area contributed by atoms with Crippen LogP contribution in [0.25, 0.3) is 0 Å². The molecule has 0 bridgehead atoms. The lowest BCUT2D eigenvalue weighted by Crippen LogP contribution is -2.56. The first-order valence-corrected chi connectivity index (χ1v) is 15.1. The zero-order chi connectivity index (χ0) is 23.3. The van der Waals surface area contributed by atoms with Gasteiger partial charge >= 0.3 is 7.67 Å². The molecule has 1 aromatic rings. The number of nitrogens with zero attached hydrogens (tertiary/aromatic N) is 1. The minimum Gasteiger partial charge on any atom is -0.497 e. The van der Waals surface area contributed by atoms with E-state index in [4.69, 9.17) is 32.5 Å². The molecule has 184 valence electrons. The van der Waals surface area contributed by atoms with Crippen molar-refractivity contribution < 1.29 is 13.8 Å². The maximum absolute atomic E-state index is 14.1. The van der Waals surface area contributed by atoms with Crippen molar-refractivity contribution in [2.45, 2.75) is 63.4 Å². The fourth-order valence-corrected chi connectivity index (χ4v) is 10.8. The number of hydrogen-bond donors (Lipinski definition) is 1. The van der Waals surface area contributed by atoms with E-state index in [1.54, 1.807) is 7.11 Å². The van der Waals surface area contributed by atoms with Crippen LogP contribution in [0.5, 0.6) is 5.75 Å². The Hall–Kier alpha value is -0.290. The Morgan fingerprint density at radius 1 is 1.18 bits per heavy atom. The van der Waals surface area contributed by atoms with Crippen molar-refractivity contribution in [3.63, 3.8) is 0 Å². The summed E-state index contributed by atoms with van der Waals surface area (Å²) >= 11 is 12.1. The van der Waals surface area contributed by atoms with E-state index in [2.05, 4.69) is 30.2 Å². The molecule has 6 atom stereocenters. The van der Waals surface area contributed by atoms with Crippen molar-refractivity contribution >= 4 is 30.9 Å². The minimum absolute atomic E-state index is 0.0451. The predicted molar refractivity (Wildman–Crippen MR) is 135 cm³/mol. The lowest BCUT2D eigenvalue weighted by atomic mass is 9.53. The summed E-state index contributed by atoms with van der Waals surface area (Å²) in [6.07, 6.45) is 7.71. The van der Waals surface area contributed by atoms with Crippen LogP contribution in [0.4, 0.5) is 0 Å². The van der Waals surface area contributed by atoms with E-state index in [0.29, 0.717) is 42.6 Å². The van der Waals surface area contributed by atoms with Crippen LogP contribution in [0, 0.1) is 17.3 Å². The first kappa shape index (κ1) is 24.4. The van der Waals surface area contributed by atoms with E-state index in [9.17, 15) is 4.57 Å². The molecule has 1 N–H and O–H groups in total. The Balaban J connectivity index is 1.42. The molecule has 1 unspecified atom stereocenters. The smallest absolute Gasteiger partial charge is 0.344 e. The van der Waals surface area contributed by atoms with Crippen molar-refractivity contribution in [2.75, 3.05) is 38.5 Å². The summed E-state index contributed by atoms with van der Waals surface area (Å²) in [4.78, 5) is 0. The molecule has 0 amide bonds. The highest BCUT2D eigenvalue weighted by Gasteiger charge is 2.65. The van der Waals surface area contributed by atoms with Crippen LogP contribution in [-0.4, -0.2) is 48.8 Å². The van der Waals surface area contributed by atoms with Crippen LogP contribution in [0.2, 0.25) is 0 Å². The largest absolute Gasteiger partial charge is 0.497 e. The first-order valence-electron chi connectivity index (χ1n) is 12.5. The van der Waals surface area contributed by atoms with E-state index in [0.717, 1.165) is 44.4 Å². The molecule has 8 heteroatoms. The molecule has 3 aliphatic carbocycles. The van der Waals surface area contributed by atoms with Gasteiger partial charge in [-0.25, -0.2) is 9.76 Å². The normalized spacial score (nSPS) is 39.8. The van der Waals surface area contributed by atoms with Gasteiger partial charge in [-0.2, -0.15) is 0 Å². The molecule has 1 aromatic carbocycles. The summed E-state index contributed by atoms with van der Waals surface area (Å²) in [5.74, 6) is 3.67. The average molecular weight is 515 g/mol. The summed E-state index contributed by atoms with van der Waals surface area (Å²) in [6.45, 7) is 4.18. The van der Waals surface area contributed by atoms with E-state index in [1.165, 1.54) is 24.0 Å². The highest BCUT2D eigenvalue weighted by atomic mass is 35.5. The molecule has 3 fully saturated rings. The molecule has 33 heavy (non-hydrogen) atoms. The van der Waals surface area contributed by atoms with Crippen LogP contribution in [0.15, 0.2) is 18.2 Å². The van der Waals surface area contributed by atoms with Crippen LogP contribution in [0.3, 0.4) is 0 Å². The quantitative estimate of drug-likeness (QED) is 0.362. The monoisotopic (exact) mass is 514 g/mol. The van der Waals surface area contributed by atoms with Gasteiger partial charge in [-0.1, -0.05) is 13.0 Å². The van der Waals surface area contributed by atoms with Crippen LogP contribution >= 0.6 is 30.9 Å². The molecule has 5 rings (SSSR count). The summed E-state index contributed by atoms with van der Waals surface area (Å²) in [6, 6.07) is 6.67. The van der Waals surface area contributed by atoms with Crippen molar-refractivity contribution in [3.05, 3.63) is 29.3 Å². The van der Waals surface area contributed by atoms with Gasteiger partial charge in [0, 0.05) is 36.8 Å². The van der Waals surface area contributed by atoms with Crippen LogP contribution in [0.1, 0.15) is 62.5 Å². The molecule has 4 aliphatic rings. The molecular formula is C25H37Cl2N2O3P. The SMILES string of the molecule is COc1ccc2c(c1)CC[C@@H]1[C@@H]2CC[C@@]2(C)[C@H]1CC[C@@]21CCNP(=O)(N(CCCl)CCCl)O1. The number of fused-ring (bicyclic) bond motifs is 6. The maximum Gasteiger partial charge on any atom is 0.344 e. The van der Waals surface area contributed by atoms with Crippen molar-refractivity contribution in [1.29, 1.82) is 0 Å². The summed E-state index contributed by atoms with van der Waals surface area (Å²) in [5.41, 5.74) is 2.71. The van der Waals surface area contributed by atoms with Gasteiger partial charge in [-0.05, 0) is 86.0 Å². The number of nitrogens with one attached hydrogen (secondary N) is 1. The van der Waals surface area contributed by atoms with Gasteiger partial charge < -0.3 is 4.74 Å². The number of rotatable bonds is 6. The first-order chi connectivity index (χ1) is 15.9. The molecular weight excluding hydrogens is 478 g/mol. The van der Waals surface area contributed by atoms with Gasteiger partial charge in [-0.3, -0.25) is 9.09 Å². The zero-order valence-corrected chi connectivity index (χ0v) is 22.2. The Bertz CT molecular complexity index is 927. The Kier molecular flexibility index (Phi) is 6.88. The topological polar surface area (TPSA) is 50.8 Å². The van der Waals surface area contributed by atoms with E-state index < -0.39 is 7.67 Å². The Morgan fingerprint density at radius 3 is 2.70 bits per heavy atom. The molecule has 2 saturated carbocycles. The van der Waals surface area contributed by atoms with Gasteiger partial charge in [0.15, 0.2) is 0 Å². The van der Waals surface area contributed by atoms with Gasteiger partial charge in [-0.15, -0.1) is 23.2 Å². The number of alkyl halides is 2. The maximum atomic E-state index is 14.1. The Labute approximate surface area is 208 Å². The lowest BCUT2D eigenvalue weighted by Gasteiger charge is -2.56. The number of methoxy groups -OCH3 is 1. The molecule has 0 aromatic heterocycles. The fraction of sp³-hybridized carbons (Fsp3) is 0.760. The molecule has 1 aliphatic heterocycles. The van der Waals surface area contributed by atoms with Gasteiger partial charge in [0.25, 0.3) is 0 Å². The summed E-state index contributed by atoms with van der Waals surface area (Å²) in [5, 5.41) is 3.24. The van der Waals surface area contributed by atoms with Gasteiger partial charge in [0.2, 0.25) is 0 Å². The van der Waals surface area contributed by atoms with Crippen molar-refractivity contribution in [1.82, 2.24) is 9.76 Å². The standard InChI is InChI=1S/C25H37Cl2N2O3P/c1-24-9-7-21-20-6-4-19(31-2)17-18(20)3-5-22(21)23(24)8-10-25(24)11-14-28-33(30,32-25)29(15-12-26)16-13-27/h4,6,17,21-23H,3,5,7-16H2,1-2H3,(H,28,30)/t21-,22-,23+,24+,25-,33?/m1/s1. The van der Waals surface area contributed by atoms with Crippen molar-refractivity contribution in [3.8, 4) is 5.75 Å². The fourth-order valence-electron chi connectivity index (χ4n) is 7.78. The van der Waals surface area contributed by atoms with Crippen LogP contribution < -0.4 is 9.82 Å².